The van der Waals surface area contributed by atoms with E-state index in [1.54, 1.807) is 12.1 Å². The van der Waals surface area contributed by atoms with Crippen LogP contribution in [0.4, 0.5) is 0 Å². The van der Waals surface area contributed by atoms with Crippen molar-refractivity contribution in [3.63, 3.8) is 0 Å². The molecule has 32 heavy (non-hydrogen) atoms. The maximum absolute atomic E-state index is 12.4. The summed E-state index contributed by atoms with van der Waals surface area (Å²) in [5, 5.41) is 12.4. The lowest BCUT2D eigenvalue weighted by Crippen LogP contribution is -2.49. The Morgan fingerprint density at radius 3 is 2.66 bits per heavy atom. The predicted molar refractivity (Wildman–Crippen MR) is 124 cm³/mol. The van der Waals surface area contributed by atoms with Crippen molar-refractivity contribution in [3.05, 3.63) is 106 Å². The molecule has 0 radical (unpaired) electrons. The Morgan fingerprint density at radius 2 is 1.91 bits per heavy atom. The fourth-order valence-corrected chi connectivity index (χ4v) is 3.98. The van der Waals surface area contributed by atoms with Gasteiger partial charge in [0.25, 0.3) is 0 Å². The number of hydrogen-bond acceptors (Lipinski definition) is 5. The Balaban J connectivity index is 1.61. The molecule has 2 aromatic carbocycles. The van der Waals surface area contributed by atoms with E-state index < -0.39 is 11.6 Å². The molecule has 166 valence electrons. The number of rotatable bonds is 8. The van der Waals surface area contributed by atoms with Crippen LogP contribution >= 0.6 is 0 Å². The highest BCUT2D eigenvalue weighted by Gasteiger charge is 2.50. The van der Waals surface area contributed by atoms with Crippen LogP contribution in [0.5, 0.6) is 11.5 Å². The third kappa shape index (κ3) is 4.85. The zero-order chi connectivity index (χ0) is 22.4. The third-order valence-corrected chi connectivity index (χ3v) is 5.78. The molecule has 0 bridgehead atoms. The summed E-state index contributed by atoms with van der Waals surface area (Å²) in [5.41, 5.74) is 0.251. The van der Waals surface area contributed by atoms with Crippen molar-refractivity contribution in [2.24, 2.45) is 5.92 Å². The van der Waals surface area contributed by atoms with E-state index in [0.717, 1.165) is 37.1 Å². The van der Waals surface area contributed by atoms with Crippen LogP contribution in [0.25, 0.3) is 0 Å². The van der Waals surface area contributed by atoms with E-state index in [1.165, 1.54) is 6.08 Å². The first-order chi connectivity index (χ1) is 15.6. The topological polar surface area (TPSA) is 64.8 Å². The molecule has 0 spiro atoms. The highest BCUT2D eigenvalue weighted by molar-refractivity contribution is 5.44. The number of nitrogens with zero attached hydrogens (tertiary/aromatic N) is 2. The number of benzene rings is 2. The van der Waals surface area contributed by atoms with E-state index in [1.807, 2.05) is 73.8 Å². The standard InChI is InChI=1S/C26H28N2O4/c1-21-12-13-24(25(19-21)31-20-22-9-3-2-4-10-22)32-26(28(29)30)15-6-5-11-23(26)14-18-27-16-7-8-17-27/h2-6,9-15,18-19,23H,7-8,16-17,20H2,1H3/b18-14+. The van der Waals surface area contributed by atoms with E-state index in [9.17, 15) is 10.1 Å². The van der Waals surface area contributed by atoms with Gasteiger partial charge in [-0.3, -0.25) is 10.1 Å². The summed E-state index contributed by atoms with van der Waals surface area (Å²) in [6, 6.07) is 15.3. The van der Waals surface area contributed by atoms with Gasteiger partial charge < -0.3 is 14.4 Å². The van der Waals surface area contributed by atoms with Crippen LogP contribution in [0, 0.1) is 23.0 Å². The van der Waals surface area contributed by atoms with Crippen LogP contribution in [0.3, 0.4) is 0 Å². The van der Waals surface area contributed by atoms with Crippen molar-refractivity contribution >= 4 is 0 Å². The van der Waals surface area contributed by atoms with E-state index in [-0.39, 0.29) is 4.92 Å². The van der Waals surface area contributed by atoms with E-state index in [0.29, 0.717) is 18.1 Å². The molecule has 1 saturated heterocycles. The van der Waals surface area contributed by atoms with E-state index in [2.05, 4.69) is 4.90 Å². The monoisotopic (exact) mass is 432 g/mol. The molecule has 2 aliphatic rings. The number of ether oxygens (including phenoxy) is 2. The summed E-state index contributed by atoms with van der Waals surface area (Å²) < 4.78 is 12.2. The number of aryl methyl sites for hydroxylation is 1. The Labute approximate surface area is 188 Å². The molecular weight excluding hydrogens is 404 g/mol. The Hall–Kier alpha value is -3.54. The molecule has 0 amide bonds. The fraction of sp³-hybridized carbons (Fsp3) is 0.308. The van der Waals surface area contributed by atoms with Crippen LogP contribution < -0.4 is 9.47 Å². The van der Waals surface area contributed by atoms with Crippen molar-refractivity contribution in [1.29, 1.82) is 0 Å². The molecule has 0 aromatic heterocycles. The molecular formula is C26H28N2O4. The first-order valence-corrected chi connectivity index (χ1v) is 11.0. The fourth-order valence-electron chi connectivity index (χ4n) is 3.98. The summed E-state index contributed by atoms with van der Waals surface area (Å²) in [5.74, 6) is 0.287. The zero-order valence-electron chi connectivity index (χ0n) is 18.2. The Bertz CT molecular complexity index is 1030. The number of nitro groups is 1. The quantitative estimate of drug-likeness (QED) is 0.323. The minimum absolute atomic E-state index is 0.347. The normalized spacial score (nSPS) is 22.4. The molecule has 0 N–H and O–H groups in total. The lowest BCUT2D eigenvalue weighted by Gasteiger charge is -2.30. The average Bonchev–Trinajstić information content (AvgIpc) is 3.33. The molecule has 6 heteroatoms. The van der Waals surface area contributed by atoms with Crippen molar-refractivity contribution in [2.45, 2.75) is 32.1 Å². The highest BCUT2D eigenvalue weighted by Crippen LogP contribution is 2.37. The summed E-state index contributed by atoms with van der Waals surface area (Å²) in [6.45, 7) is 4.25. The number of allylic oxidation sites excluding steroid dienone is 2. The first-order valence-electron chi connectivity index (χ1n) is 11.0. The summed E-state index contributed by atoms with van der Waals surface area (Å²) in [7, 11) is 0. The Kier molecular flexibility index (Phi) is 6.59. The van der Waals surface area contributed by atoms with Crippen LogP contribution in [0.2, 0.25) is 0 Å². The van der Waals surface area contributed by atoms with Gasteiger partial charge in [-0.1, -0.05) is 60.7 Å². The third-order valence-electron chi connectivity index (χ3n) is 5.78. The summed E-state index contributed by atoms with van der Waals surface area (Å²) >= 11 is 0. The van der Waals surface area contributed by atoms with Crippen molar-refractivity contribution in [1.82, 2.24) is 4.90 Å². The summed E-state index contributed by atoms with van der Waals surface area (Å²) in [6.07, 6.45) is 13.0. The van der Waals surface area contributed by atoms with Gasteiger partial charge in [-0.2, -0.15) is 0 Å². The van der Waals surface area contributed by atoms with Gasteiger partial charge in [-0.05, 0) is 49.2 Å². The van der Waals surface area contributed by atoms with E-state index >= 15 is 0 Å². The smallest absolute Gasteiger partial charge is 0.393 e. The second-order valence-electron chi connectivity index (χ2n) is 8.19. The molecule has 1 heterocycles. The summed E-state index contributed by atoms with van der Waals surface area (Å²) in [4.78, 5) is 14.2. The lowest BCUT2D eigenvalue weighted by molar-refractivity contribution is -0.606. The van der Waals surface area contributed by atoms with Gasteiger partial charge in [0.2, 0.25) is 0 Å². The van der Waals surface area contributed by atoms with Crippen LogP contribution in [-0.2, 0) is 6.61 Å². The molecule has 2 unspecified atom stereocenters. The Morgan fingerprint density at radius 1 is 1.12 bits per heavy atom. The van der Waals surface area contributed by atoms with Gasteiger partial charge in [0.05, 0.1) is 4.92 Å². The maximum Gasteiger partial charge on any atom is 0.393 e. The number of likely N-dealkylation sites (tertiary alicyclic amines) is 1. The van der Waals surface area contributed by atoms with E-state index in [4.69, 9.17) is 9.47 Å². The van der Waals surface area contributed by atoms with Crippen LogP contribution in [0.15, 0.2) is 85.1 Å². The van der Waals surface area contributed by atoms with Gasteiger partial charge >= 0.3 is 5.72 Å². The highest BCUT2D eigenvalue weighted by atomic mass is 16.7. The predicted octanol–water partition coefficient (Wildman–Crippen LogP) is 5.28. The van der Waals surface area contributed by atoms with Gasteiger partial charge in [-0.15, -0.1) is 0 Å². The van der Waals surface area contributed by atoms with Gasteiger partial charge in [0.15, 0.2) is 11.5 Å². The molecule has 6 nitrogen and oxygen atoms in total. The minimum atomic E-state index is -1.74. The molecule has 1 aliphatic carbocycles. The van der Waals surface area contributed by atoms with Crippen molar-refractivity contribution < 1.29 is 14.4 Å². The molecule has 1 aliphatic heterocycles. The zero-order valence-corrected chi connectivity index (χ0v) is 18.2. The molecule has 2 aromatic rings. The SMILES string of the molecule is Cc1ccc(OC2([N+](=O)[O-])C=CC=CC2/C=C/N2CCCC2)c(OCc2ccccc2)c1. The number of hydrogen-bond donors (Lipinski definition) is 0. The van der Waals surface area contributed by atoms with Gasteiger partial charge in [0, 0.05) is 19.2 Å². The van der Waals surface area contributed by atoms with Crippen LogP contribution in [0.1, 0.15) is 24.0 Å². The molecule has 2 atom stereocenters. The lowest BCUT2D eigenvalue weighted by atomic mass is 9.91. The van der Waals surface area contributed by atoms with Gasteiger partial charge in [0.1, 0.15) is 12.5 Å². The minimum Gasteiger partial charge on any atom is -0.485 e. The largest absolute Gasteiger partial charge is 0.485 e. The second-order valence-corrected chi connectivity index (χ2v) is 8.19. The molecule has 1 fully saturated rings. The maximum atomic E-state index is 12.4. The van der Waals surface area contributed by atoms with Crippen molar-refractivity contribution in [2.75, 3.05) is 13.1 Å². The van der Waals surface area contributed by atoms with Gasteiger partial charge in [-0.25, -0.2) is 0 Å². The molecule has 0 saturated carbocycles. The first kappa shape index (κ1) is 21.7. The molecule has 4 rings (SSSR count). The average molecular weight is 433 g/mol. The van der Waals surface area contributed by atoms with Crippen LogP contribution in [-0.4, -0.2) is 28.6 Å². The second kappa shape index (κ2) is 9.73. The van der Waals surface area contributed by atoms with Crippen molar-refractivity contribution in [3.8, 4) is 11.5 Å².